The highest BCUT2D eigenvalue weighted by Crippen LogP contribution is 2.18. The van der Waals surface area contributed by atoms with Gasteiger partial charge in [-0.1, -0.05) is 0 Å². The van der Waals surface area contributed by atoms with Crippen LogP contribution in [0.3, 0.4) is 0 Å². The molecule has 0 fully saturated rings. The first-order valence-electron chi connectivity index (χ1n) is 2.96. The molecule has 0 amide bonds. The third kappa shape index (κ3) is 0.790. The minimum atomic E-state index is -0.986. The number of fused-ring (bicyclic) bond motifs is 1. The van der Waals surface area contributed by atoms with Gasteiger partial charge in [-0.25, -0.2) is 9.37 Å². The quantitative estimate of drug-likeness (QED) is 0.582. The second-order valence-electron chi connectivity index (χ2n) is 2.06. The lowest BCUT2D eigenvalue weighted by atomic mass is 10.3. The Hall–Kier alpha value is -1.45. The van der Waals surface area contributed by atoms with E-state index in [1.54, 1.807) is 0 Å². The van der Waals surface area contributed by atoms with Crippen molar-refractivity contribution in [1.82, 2.24) is 4.98 Å². The fourth-order valence-electron chi connectivity index (χ4n) is 0.871. The van der Waals surface area contributed by atoms with Crippen molar-refractivity contribution in [2.45, 2.75) is 0 Å². The molecule has 0 aliphatic rings. The molecule has 0 atom stereocenters. The summed E-state index contributed by atoms with van der Waals surface area (Å²) in [7, 11) is 0. The Morgan fingerprint density at radius 3 is 2.91 bits per heavy atom. The zero-order chi connectivity index (χ0) is 7.84. The third-order valence-electron chi connectivity index (χ3n) is 1.39. The van der Waals surface area contributed by atoms with Crippen LogP contribution in [0.1, 0.15) is 0 Å². The highest BCUT2D eigenvalue weighted by molar-refractivity contribution is 5.72. The summed E-state index contributed by atoms with van der Waals surface area (Å²) in [6.07, 6.45) is 1.08. The average Bonchev–Trinajstić information content (AvgIpc) is 2.45. The maximum Gasteiger partial charge on any atom is 0.203 e. The van der Waals surface area contributed by atoms with Gasteiger partial charge in [0, 0.05) is 0 Å². The SMILES string of the molecule is Fc1ccc2ncoc2c1F. The van der Waals surface area contributed by atoms with Crippen molar-refractivity contribution in [3.8, 4) is 0 Å². The van der Waals surface area contributed by atoms with Gasteiger partial charge in [0.15, 0.2) is 17.8 Å². The fourth-order valence-corrected chi connectivity index (χ4v) is 0.871. The third-order valence-corrected chi connectivity index (χ3v) is 1.39. The summed E-state index contributed by atoms with van der Waals surface area (Å²) in [5, 5.41) is 0. The van der Waals surface area contributed by atoms with Crippen molar-refractivity contribution in [1.29, 1.82) is 0 Å². The van der Waals surface area contributed by atoms with Gasteiger partial charge >= 0.3 is 0 Å². The summed E-state index contributed by atoms with van der Waals surface area (Å²) in [5.74, 6) is -1.91. The summed E-state index contributed by atoms with van der Waals surface area (Å²) in [6.45, 7) is 0. The molecule has 2 aromatic rings. The van der Waals surface area contributed by atoms with Crippen LogP contribution in [-0.4, -0.2) is 4.98 Å². The summed E-state index contributed by atoms with van der Waals surface area (Å²) in [4.78, 5) is 3.65. The van der Waals surface area contributed by atoms with Crippen molar-refractivity contribution < 1.29 is 13.2 Å². The molecular formula is C7H3F2NO. The lowest BCUT2D eigenvalue weighted by Gasteiger charge is -1.89. The first-order valence-corrected chi connectivity index (χ1v) is 2.96. The molecule has 11 heavy (non-hydrogen) atoms. The number of aromatic nitrogens is 1. The molecule has 56 valence electrons. The van der Waals surface area contributed by atoms with E-state index in [2.05, 4.69) is 9.40 Å². The molecule has 0 radical (unpaired) electrons. The Balaban J connectivity index is 2.93. The van der Waals surface area contributed by atoms with Crippen molar-refractivity contribution in [2.75, 3.05) is 0 Å². The molecule has 0 saturated heterocycles. The smallest absolute Gasteiger partial charge is 0.203 e. The Labute approximate surface area is 60.5 Å². The summed E-state index contributed by atoms with van der Waals surface area (Å²) in [5.41, 5.74) is 0.189. The van der Waals surface area contributed by atoms with E-state index in [4.69, 9.17) is 0 Å². The molecule has 0 saturated carbocycles. The van der Waals surface area contributed by atoms with Crippen molar-refractivity contribution in [3.63, 3.8) is 0 Å². The van der Waals surface area contributed by atoms with E-state index < -0.39 is 11.6 Å². The normalized spacial score (nSPS) is 10.7. The first kappa shape index (κ1) is 6.27. The molecule has 1 heterocycles. The minimum Gasteiger partial charge on any atom is -0.440 e. The number of halogens is 2. The van der Waals surface area contributed by atoms with Crippen molar-refractivity contribution in [3.05, 3.63) is 30.2 Å². The van der Waals surface area contributed by atoms with E-state index in [1.807, 2.05) is 0 Å². The zero-order valence-corrected chi connectivity index (χ0v) is 5.34. The number of benzene rings is 1. The fraction of sp³-hybridized carbons (Fsp3) is 0. The molecule has 0 unspecified atom stereocenters. The van der Waals surface area contributed by atoms with Gasteiger partial charge in [0.2, 0.25) is 5.82 Å². The zero-order valence-electron chi connectivity index (χ0n) is 5.34. The molecule has 2 rings (SSSR count). The second-order valence-corrected chi connectivity index (χ2v) is 2.06. The molecule has 2 nitrogen and oxygen atoms in total. The minimum absolute atomic E-state index is 0.134. The predicted octanol–water partition coefficient (Wildman–Crippen LogP) is 2.11. The maximum absolute atomic E-state index is 12.7. The van der Waals surface area contributed by atoms with Crippen LogP contribution in [0.25, 0.3) is 11.1 Å². The van der Waals surface area contributed by atoms with Gasteiger partial charge in [0.25, 0.3) is 0 Å². The number of oxazole rings is 1. The van der Waals surface area contributed by atoms with Crippen LogP contribution in [0.5, 0.6) is 0 Å². The van der Waals surface area contributed by atoms with E-state index in [0.29, 0.717) is 5.52 Å². The van der Waals surface area contributed by atoms with Gasteiger partial charge in [0.05, 0.1) is 0 Å². The standard InChI is InChI=1S/C7H3F2NO/c8-4-1-2-5-7(6(4)9)11-3-10-5/h1-3H. The average molecular weight is 155 g/mol. The molecule has 0 bridgehead atoms. The van der Waals surface area contributed by atoms with Crippen LogP contribution < -0.4 is 0 Å². The predicted molar refractivity (Wildman–Crippen MR) is 33.9 cm³/mol. The van der Waals surface area contributed by atoms with E-state index in [1.165, 1.54) is 6.07 Å². The second kappa shape index (κ2) is 2.02. The number of hydrogen-bond donors (Lipinski definition) is 0. The topological polar surface area (TPSA) is 26.0 Å². The van der Waals surface area contributed by atoms with E-state index in [0.717, 1.165) is 12.5 Å². The Morgan fingerprint density at radius 2 is 2.09 bits per heavy atom. The lowest BCUT2D eigenvalue weighted by Crippen LogP contribution is -1.82. The lowest BCUT2D eigenvalue weighted by molar-refractivity contribution is 0.490. The molecule has 0 spiro atoms. The van der Waals surface area contributed by atoms with Gasteiger partial charge in [-0.15, -0.1) is 0 Å². The van der Waals surface area contributed by atoms with Gasteiger partial charge in [-0.05, 0) is 12.1 Å². The molecule has 0 N–H and O–H groups in total. The highest BCUT2D eigenvalue weighted by Gasteiger charge is 2.09. The largest absolute Gasteiger partial charge is 0.440 e. The monoisotopic (exact) mass is 155 g/mol. The van der Waals surface area contributed by atoms with E-state index in [9.17, 15) is 8.78 Å². The maximum atomic E-state index is 12.7. The molecular weight excluding hydrogens is 152 g/mol. The van der Waals surface area contributed by atoms with E-state index in [-0.39, 0.29) is 5.58 Å². The summed E-state index contributed by atoms with van der Waals surface area (Å²) in [6, 6.07) is 2.37. The van der Waals surface area contributed by atoms with Gasteiger partial charge in [-0.2, -0.15) is 4.39 Å². The van der Waals surface area contributed by atoms with Gasteiger partial charge in [-0.3, -0.25) is 0 Å². The van der Waals surface area contributed by atoms with E-state index >= 15 is 0 Å². The van der Waals surface area contributed by atoms with Crippen molar-refractivity contribution in [2.24, 2.45) is 0 Å². The Bertz CT molecular complexity index is 396. The number of nitrogens with zero attached hydrogens (tertiary/aromatic N) is 1. The first-order chi connectivity index (χ1) is 5.29. The van der Waals surface area contributed by atoms with Gasteiger partial charge < -0.3 is 4.42 Å². The number of hydrogen-bond acceptors (Lipinski definition) is 2. The molecule has 1 aromatic heterocycles. The Kier molecular flexibility index (Phi) is 1.15. The van der Waals surface area contributed by atoms with Crippen LogP contribution in [-0.2, 0) is 0 Å². The molecule has 0 aliphatic carbocycles. The summed E-state index contributed by atoms with van der Waals surface area (Å²) >= 11 is 0. The Morgan fingerprint density at radius 1 is 1.27 bits per heavy atom. The highest BCUT2D eigenvalue weighted by atomic mass is 19.2. The molecule has 1 aromatic carbocycles. The summed E-state index contributed by atoms with van der Waals surface area (Å²) < 4.78 is 29.8. The van der Waals surface area contributed by atoms with Crippen LogP contribution >= 0.6 is 0 Å². The van der Waals surface area contributed by atoms with Crippen LogP contribution in [0.15, 0.2) is 22.9 Å². The van der Waals surface area contributed by atoms with Crippen LogP contribution in [0.4, 0.5) is 8.78 Å². The van der Waals surface area contributed by atoms with Gasteiger partial charge in [0.1, 0.15) is 5.52 Å². The molecule has 0 aliphatic heterocycles. The van der Waals surface area contributed by atoms with Crippen LogP contribution in [0, 0.1) is 11.6 Å². The molecule has 4 heteroatoms. The van der Waals surface area contributed by atoms with Crippen molar-refractivity contribution >= 4 is 11.1 Å². The number of rotatable bonds is 0. The van der Waals surface area contributed by atoms with Crippen LogP contribution in [0.2, 0.25) is 0 Å².